The van der Waals surface area contributed by atoms with Crippen LogP contribution in [0.5, 0.6) is 0 Å². The fourth-order valence-electron chi connectivity index (χ4n) is 3.57. The largest absolute Gasteiger partial charge is 0.356 e. The van der Waals surface area contributed by atoms with Crippen LogP contribution in [0.3, 0.4) is 0 Å². The molecule has 5 heteroatoms. The normalized spacial score (nSPS) is 17.5. The number of hydrogen-bond acceptors (Lipinski definition) is 5. The second-order valence-electron chi connectivity index (χ2n) is 7.37. The maximum Gasteiger partial charge on any atom is 0.203 e. The quantitative estimate of drug-likeness (QED) is 0.594. The summed E-state index contributed by atoms with van der Waals surface area (Å²) in [6, 6.07) is 17.6. The molecule has 0 heterocycles. The van der Waals surface area contributed by atoms with Gasteiger partial charge in [0.05, 0.1) is 10.6 Å². The molecular weight excluding hydrogens is 380 g/mol. The van der Waals surface area contributed by atoms with E-state index >= 15 is 0 Å². The maximum absolute atomic E-state index is 12.5. The lowest BCUT2D eigenvalue weighted by atomic mass is 10.0. The van der Waals surface area contributed by atoms with E-state index in [1.54, 1.807) is 11.8 Å². The summed E-state index contributed by atoms with van der Waals surface area (Å²) in [4.78, 5) is 25.6. The molecule has 0 saturated heterocycles. The minimum absolute atomic E-state index is 0.0787. The van der Waals surface area contributed by atoms with Crippen molar-refractivity contribution in [1.29, 1.82) is 0 Å². The first-order valence-electron chi connectivity index (χ1n) is 10.1. The molecule has 148 valence electrons. The second-order valence-corrected chi connectivity index (χ2v) is 8.71. The number of ketones is 2. The van der Waals surface area contributed by atoms with E-state index in [2.05, 4.69) is 10.6 Å². The Hall–Kier alpha value is -2.79. The average Bonchev–Trinajstić information content (AvgIpc) is 2.74. The van der Waals surface area contributed by atoms with Crippen molar-refractivity contribution in [3.8, 4) is 0 Å². The molecule has 0 amide bonds. The van der Waals surface area contributed by atoms with Crippen molar-refractivity contribution in [2.45, 2.75) is 37.4 Å². The van der Waals surface area contributed by atoms with Crippen LogP contribution in [0.4, 0.5) is 17.1 Å². The Morgan fingerprint density at radius 2 is 1.31 bits per heavy atom. The molecular formula is C24H24N2O2S. The van der Waals surface area contributed by atoms with Crippen LogP contribution in [-0.4, -0.2) is 16.8 Å². The lowest BCUT2D eigenvalue weighted by Gasteiger charge is -2.22. The molecule has 4 rings (SSSR count). The monoisotopic (exact) mass is 404 g/mol. The summed E-state index contributed by atoms with van der Waals surface area (Å²) in [5, 5.41) is 6.86. The lowest BCUT2D eigenvalue weighted by molar-refractivity contribution is -0.114. The molecule has 0 spiro atoms. The average molecular weight is 405 g/mol. The number of rotatable bonds is 6. The van der Waals surface area contributed by atoms with Crippen LogP contribution >= 0.6 is 11.8 Å². The molecule has 2 aliphatic carbocycles. The molecule has 2 aromatic carbocycles. The summed E-state index contributed by atoms with van der Waals surface area (Å²) in [6.45, 7) is 0. The maximum atomic E-state index is 12.5. The fourth-order valence-corrected chi connectivity index (χ4v) is 4.85. The molecule has 0 bridgehead atoms. The van der Waals surface area contributed by atoms with Gasteiger partial charge in [-0.05, 0) is 49.2 Å². The summed E-state index contributed by atoms with van der Waals surface area (Å²) in [5.41, 5.74) is 3.06. The minimum atomic E-state index is -0.144. The van der Waals surface area contributed by atoms with Crippen LogP contribution in [0, 0.1) is 0 Å². The van der Waals surface area contributed by atoms with Gasteiger partial charge < -0.3 is 10.6 Å². The van der Waals surface area contributed by atoms with Crippen LogP contribution in [-0.2, 0) is 9.59 Å². The van der Waals surface area contributed by atoms with Gasteiger partial charge >= 0.3 is 0 Å². The third kappa shape index (κ3) is 5.18. The van der Waals surface area contributed by atoms with E-state index in [1.807, 2.05) is 54.6 Å². The predicted molar refractivity (Wildman–Crippen MR) is 120 cm³/mol. The Labute approximate surface area is 175 Å². The Bertz CT molecular complexity index is 943. The number of anilines is 3. The molecule has 0 unspecified atom stereocenters. The standard InChI is InChI=1S/C24H24N2O2S/c27-22-16-24(29-20-9-5-2-6-10-20)23(28)15-21(22)26-19-13-11-18(12-14-19)25-17-7-3-1-4-8-17/h1,3-4,7-8,11-16,20,25-26H,2,5-6,9-10H2. The first kappa shape index (κ1) is 19.5. The molecule has 1 fully saturated rings. The van der Waals surface area contributed by atoms with Crippen LogP contribution in [0.2, 0.25) is 0 Å². The van der Waals surface area contributed by atoms with Crippen LogP contribution in [0.1, 0.15) is 32.1 Å². The number of benzene rings is 2. The van der Waals surface area contributed by atoms with Crippen LogP contribution in [0.15, 0.2) is 77.4 Å². The van der Waals surface area contributed by atoms with Gasteiger partial charge in [0.2, 0.25) is 5.78 Å². The number of carbonyl (C=O) groups excluding carboxylic acids is 2. The van der Waals surface area contributed by atoms with E-state index in [0.717, 1.165) is 29.9 Å². The predicted octanol–water partition coefficient (Wildman–Crippen LogP) is 5.83. The van der Waals surface area contributed by atoms with E-state index in [1.165, 1.54) is 31.4 Å². The molecule has 0 atom stereocenters. The number of thioether (sulfide) groups is 1. The summed E-state index contributed by atoms with van der Waals surface area (Å²) in [7, 11) is 0. The number of nitrogens with one attached hydrogen (secondary N) is 2. The van der Waals surface area contributed by atoms with Gasteiger partial charge in [0.1, 0.15) is 0 Å². The van der Waals surface area contributed by atoms with Crippen molar-refractivity contribution in [2.75, 3.05) is 10.6 Å². The van der Waals surface area contributed by atoms with Gasteiger partial charge in [-0.1, -0.05) is 37.5 Å². The number of carbonyl (C=O) groups is 2. The Kier molecular flexibility index (Phi) is 6.15. The molecule has 2 N–H and O–H groups in total. The van der Waals surface area contributed by atoms with Gasteiger partial charge in [-0.2, -0.15) is 0 Å². The molecule has 29 heavy (non-hydrogen) atoms. The van der Waals surface area contributed by atoms with Gasteiger partial charge in [-0.3, -0.25) is 9.59 Å². The number of para-hydroxylation sites is 1. The highest BCUT2D eigenvalue weighted by atomic mass is 32.2. The van der Waals surface area contributed by atoms with E-state index in [-0.39, 0.29) is 11.6 Å². The minimum Gasteiger partial charge on any atom is -0.356 e. The second kappa shape index (κ2) is 9.14. The van der Waals surface area contributed by atoms with E-state index in [0.29, 0.717) is 15.9 Å². The Morgan fingerprint density at radius 1 is 0.690 bits per heavy atom. The Morgan fingerprint density at radius 3 is 2.00 bits per heavy atom. The third-order valence-corrected chi connectivity index (χ3v) is 6.50. The number of hydrogen-bond donors (Lipinski definition) is 2. The van der Waals surface area contributed by atoms with Crippen LogP contribution < -0.4 is 10.6 Å². The van der Waals surface area contributed by atoms with Gasteiger partial charge in [0.25, 0.3) is 0 Å². The highest BCUT2D eigenvalue weighted by Crippen LogP contribution is 2.35. The molecule has 4 nitrogen and oxygen atoms in total. The molecule has 1 saturated carbocycles. The van der Waals surface area contributed by atoms with E-state index in [4.69, 9.17) is 0 Å². The summed E-state index contributed by atoms with van der Waals surface area (Å²) in [5.74, 6) is -0.223. The van der Waals surface area contributed by atoms with Crippen molar-refractivity contribution in [3.05, 3.63) is 77.4 Å². The SMILES string of the molecule is O=C1C=C(SC2CCCCC2)C(=O)C=C1Nc1ccc(Nc2ccccc2)cc1. The third-order valence-electron chi connectivity index (χ3n) is 5.12. The molecule has 2 aliphatic rings. The Balaban J connectivity index is 1.37. The summed E-state index contributed by atoms with van der Waals surface area (Å²) in [6.07, 6.45) is 8.88. The lowest BCUT2D eigenvalue weighted by Crippen LogP contribution is -2.19. The molecule has 0 aromatic heterocycles. The van der Waals surface area contributed by atoms with Crippen molar-refractivity contribution in [1.82, 2.24) is 0 Å². The van der Waals surface area contributed by atoms with Crippen molar-refractivity contribution < 1.29 is 9.59 Å². The smallest absolute Gasteiger partial charge is 0.203 e. The van der Waals surface area contributed by atoms with Crippen molar-refractivity contribution in [3.63, 3.8) is 0 Å². The van der Waals surface area contributed by atoms with Gasteiger partial charge in [-0.25, -0.2) is 0 Å². The molecule has 0 aliphatic heterocycles. The molecule has 0 radical (unpaired) electrons. The van der Waals surface area contributed by atoms with Crippen molar-refractivity contribution >= 4 is 40.4 Å². The summed E-state index contributed by atoms with van der Waals surface area (Å²) >= 11 is 1.57. The highest BCUT2D eigenvalue weighted by molar-refractivity contribution is 8.04. The van der Waals surface area contributed by atoms with Crippen molar-refractivity contribution in [2.24, 2.45) is 0 Å². The first-order valence-corrected chi connectivity index (χ1v) is 10.9. The highest BCUT2D eigenvalue weighted by Gasteiger charge is 2.24. The van der Waals surface area contributed by atoms with Gasteiger partial charge in [0, 0.05) is 34.5 Å². The van der Waals surface area contributed by atoms with E-state index < -0.39 is 0 Å². The zero-order valence-corrected chi connectivity index (χ0v) is 17.0. The summed E-state index contributed by atoms with van der Waals surface area (Å²) < 4.78 is 0. The van der Waals surface area contributed by atoms with Gasteiger partial charge in [-0.15, -0.1) is 11.8 Å². The zero-order chi connectivity index (χ0) is 20.1. The van der Waals surface area contributed by atoms with Gasteiger partial charge in [0.15, 0.2) is 5.78 Å². The van der Waals surface area contributed by atoms with Crippen LogP contribution in [0.25, 0.3) is 0 Å². The number of allylic oxidation sites excluding steroid dienone is 3. The zero-order valence-electron chi connectivity index (χ0n) is 16.2. The molecule has 2 aromatic rings. The first-order chi connectivity index (χ1) is 14.2. The fraction of sp³-hybridized carbons (Fsp3) is 0.250. The van der Waals surface area contributed by atoms with E-state index in [9.17, 15) is 9.59 Å². The topological polar surface area (TPSA) is 58.2 Å².